The van der Waals surface area contributed by atoms with Gasteiger partial charge in [-0.05, 0) is 43.2 Å². The molecule has 0 amide bonds. The van der Waals surface area contributed by atoms with Gasteiger partial charge >= 0.3 is 0 Å². The van der Waals surface area contributed by atoms with Crippen molar-refractivity contribution < 1.29 is 5.11 Å². The van der Waals surface area contributed by atoms with Gasteiger partial charge in [0.25, 0.3) is 0 Å². The maximum absolute atomic E-state index is 10.5. The van der Waals surface area contributed by atoms with E-state index in [1.165, 1.54) is 22.5 Å². The average molecular weight is 361 g/mol. The van der Waals surface area contributed by atoms with Crippen molar-refractivity contribution in [1.82, 2.24) is 4.98 Å². The number of aliphatic hydroxyl groups is 1. The topological polar surface area (TPSA) is 60.2 Å². The van der Waals surface area contributed by atoms with Crippen molar-refractivity contribution in [2.75, 3.05) is 11.4 Å². The summed E-state index contributed by atoms with van der Waals surface area (Å²) in [6, 6.07) is 15.9. The maximum Gasteiger partial charge on any atom is 0.139 e. The highest BCUT2D eigenvalue weighted by molar-refractivity contribution is 7.11. The summed E-state index contributed by atoms with van der Waals surface area (Å²) in [5.41, 5.74) is 5.82. The van der Waals surface area contributed by atoms with Crippen molar-refractivity contribution >= 4 is 28.4 Å². The molecule has 5 heteroatoms. The molecule has 4 rings (SSSR count). The molecule has 4 nitrogen and oxygen atoms in total. The minimum Gasteiger partial charge on any atom is -0.510 e. The summed E-state index contributed by atoms with van der Waals surface area (Å²) in [6.45, 7) is 4.48. The molecule has 2 N–H and O–H groups in total. The van der Waals surface area contributed by atoms with Crippen LogP contribution in [-0.2, 0) is 0 Å². The standard InChI is InChI=1S/C21H19N3OS/c1-13-8-9-15(10-14(13)2)17-12-26-21(23-17)19-18(25)11-24(20(19)22)16-6-4-3-5-7-16/h3-10,12,22,25H,11H2,1-2H3. The van der Waals surface area contributed by atoms with Gasteiger partial charge in [0.2, 0.25) is 0 Å². The first-order valence-electron chi connectivity index (χ1n) is 8.42. The Morgan fingerprint density at radius 1 is 1.08 bits per heavy atom. The molecule has 3 aromatic rings. The molecule has 0 radical (unpaired) electrons. The third-order valence-corrected chi connectivity index (χ3v) is 5.55. The highest BCUT2D eigenvalue weighted by Gasteiger charge is 2.31. The number of amidine groups is 1. The van der Waals surface area contributed by atoms with E-state index in [1.807, 2.05) is 35.7 Å². The Kier molecular flexibility index (Phi) is 4.09. The fourth-order valence-electron chi connectivity index (χ4n) is 3.05. The number of anilines is 1. The summed E-state index contributed by atoms with van der Waals surface area (Å²) in [4.78, 5) is 6.49. The van der Waals surface area contributed by atoms with E-state index in [-0.39, 0.29) is 11.6 Å². The molecule has 130 valence electrons. The molecule has 26 heavy (non-hydrogen) atoms. The molecule has 0 unspecified atom stereocenters. The smallest absolute Gasteiger partial charge is 0.139 e. The molecule has 0 saturated carbocycles. The Morgan fingerprint density at radius 3 is 2.58 bits per heavy atom. The first kappa shape index (κ1) is 16.5. The van der Waals surface area contributed by atoms with Crippen molar-refractivity contribution in [3.8, 4) is 11.3 Å². The van der Waals surface area contributed by atoms with E-state index in [0.717, 1.165) is 16.9 Å². The highest BCUT2D eigenvalue weighted by atomic mass is 32.1. The van der Waals surface area contributed by atoms with Gasteiger partial charge in [-0.2, -0.15) is 0 Å². The molecular weight excluding hydrogens is 342 g/mol. The Labute approximate surface area is 156 Å². The lowest BCUT2D eigenvalue weighted by Gasteiger charge is -2.18. The fourth-order valence-corrected chi connectivity index (χ4v) is 3.95. The van der Waals surface area contributed by atoms with Crippen molar-refractivity contribution in [1.29, 1.82) is 5.41 Å². The Morgan fingerprint density at radius 2 is 1.85 bits per heavy atom. The van der Waals surface area contributed by atoms with E-state index in [1.54, 1.807) is 4.90 Å². The van der Waals surface area contributed by atoms with Crippen LogP contribution in [-0.4, -0.2) is 22.5 Å². The number of aryl methyl sites for hydroxylation is 2. The summed E-state index contributed by atoms with van der Waals surface area (Å²) in [5.74, 6) is 0.481. The van der Waals surface area contributed by atoms with Crippen LogP contribution in [0.5, 0.6) is 0 Å². The minimum atomic E-state index is 0.194. The zero-order valence-corrected chi connectivity index (χ0v) is 15.5. The lowest BCUT2D eigenvalue weighted by molar-refractivity contribution is 0.411. The van der Waals surface area contributed by atoms with Crippen LogP contribution in [0.4, 0.5) is 5.69 Å². The van der Waals surface area contributed by atoms with Crippen LogP contribution in [0.15, 0.2) is 59.7 Å². The van der Waals surface area contributed by atoms with Crippen LogP contribution in [0, 0.1) is 19.3 Å². The molecule has 2 heterocycles. The van der Waals surface area contributed by atoms with E-state index < -0.39 is 0 Å². The second-order valence-electron chi connectivity index (χ2n) is 6.43. The normalized spacial score (nSPS) is 14.4. The van der Waals surface area contributed by atoms with Crippen LogP contribution >= 0.6 is 11.3 Å². The second kappa shape index (κ2) is 6.42. The number of aromatic nitrogens is 1. The molecule has 1 aliphatic heterocycles. The fraction of sp³-hybridized carbons (Fsp3) is 0.143. The van der Waals surface area contributed by atoms with E-state index in [4.69, 9.17) is 10.4 Å². The van der Waals surface area contributed by atoms with E-state index >= 15 is 0 Å². The average Bonchev–Trinajstić information content (AvgIpc) is 3.22. The quantitative estimate of drug-likeness (QED) is 0.674. The molecule has 1 aromatic heterocycles. The number of hydrogen-bond donors (Lipinski definition) is 2. The number of thiazole rings is 1. The summed E-state index contributed by atoms with van der Waals surface area (Å²) in [5, 5.41) is 21.7. The highest BCUT2D eigenvalue weighted by Crippen LogP contribution is 2.34. The Bertz CT molecular complexity index is 1020. The SMILES string of the molecule is Cc1ccc(-c2csc(C3=C(O)CN(c4ccccc4)C3=N)n2)cc1C. The molecule has 0 bridgehead atoms. The van der Waals surface area contributed by atoms with E-state index in [9.17, 15) is 5.11 Å². The number of benzene rings is 2. The number of hydrogen-bond acceptors (Lipinski definition) is 4. The van der Waals surface area contributed by atoms with Gasteiger partial charge in [-0.1, -0.05) is 30.3 Å². The number of nitrogens with one attached hydrogen (secondary N) is 1. The van der Waals surface area contributed by atoms with Crippen LogP contribution in [0.1, 0.15) is 16.1 Å². The van der Waals surface area contributed by atoms with Gasteiger partial charge in [-0.25, -0.2) is 4.98 Å². The van der Waals surface area contributed by atoms with E-state index in [0.29, 0.717) is 17.1 Å². The summed E-state index contributed by atoms with van der Waals surface area (Å²) in [7, 11) is 0. The third kappa shape index (κ3) is 2.80. The molecule has 0 atom stereocenters. The van der Waals surface area contributed by atoms with Crippen molar-refractivity contribution in [2.45, 2.75) is 13.8 Å². The van der Waals surface area contributed by atoms with Gasteiger partial charge in [0.1, 0.15) is 16.6 Å². The lowest BCUT2D eigenvalue weighted by Crippen LogP contribution is -2.25. The maximum atomic E-state index is 10.5. The van der Waals surface area contributed by atoms with Gasteiger partial charge in [-0.3, -0.25) is 5.41 Å². The number of rotatable bonds is 3. The van der Waals surface area contributed by atoms with E-state index in [2.05, 4.69) is 32.0 Å². The molecule has 0 fully saturated rings. The first-order chi connectivity index (χ1) is 12.5. The largest absolute Gasteiger partial charge is 0.510 e. The molecule has 0 aliphatic carbocycles. The molecule has 2 aromatic carbocycles. The molecular formula is C21H19N3OS. The monoisotopic (exact) mass is 361 g/mol. The third-order valence-electron chi connectivity index (χ3n) is 4.69. The summed E-state index contributed by atoms with van der Waals surface area (Å²) < 4.78 is 0. The second-order valence-corrected chi connectivity index (χ2v) is 7.29. The molecule has 0 saturated heterocycles. The predicted molar refractivity (Wildman–Crippen MR) is 108 cm³/mol. The zero-order valence-electron chi connectivity index (χ0n) is 14.7. The summed E-state index contributed by atoms with van der Waals surface area (Å²) in [6.07, 6.45) is 0. The Hall–Kier alpha value is -2.92. The van der Waals surface area contributed by atoms with Gasteiger partial charge in [0.05, 0.1) is 17.8 Å². The van der Waals surface area contributed by atoms with Crippen molar-refractivity contribution in [2.24, 2.45) is 0 Å². The van der Waals surface area contributed by atoms with Gasteiger partial charge < -0.3 is 10.0 Å². The van der Waals surface area contributed by atoms with Crippen LogP contribution < -0.4 is 4.90 Å². The molecule has 0 spiro atoms. The Balaban J connectivity index is 1.66. The van der Waals surface area contributed by atoms with Crippen LogP contribution in [0.25, 0.3) is 16.8 Å². The van der Waals surface area contributed by atoms with Crippen LogP contribution in [0.2, 0.25) is 0 Å². The lowest BCUT2D eigenvalue weighted by atomic mass is 10.1. The van der Waals surface area contributed by atoms with Crippen molar-refractivity contribution in [3.05, 3.63) is 75.8 Å². The van der Waals surface area contributed by atoms with Gasteiger partial charge in [0, 0.05) is 16.6 Å². The predicted octanol–water partition coefficient (Wildman–Crippen LogP) is 5.19. The number of nitrogens with zero attached hydrogens (tertiary/aromatic N) is 2. The van der Waals surface area contributed by atoms with Gasteiger partial charge in [0.15, 0.2) is 0 Å². The van der Waals surface area contributed by atoms with Crippen LogP contribution in [0.3, 0.4) is 0 Å². The minimum absolute atomic E-state index is 0.194. The van der Waals surface area contributed by atoms with Crippen molar-refractivity contribution in [3.63, 3.8) is 0 Å². The first-order valence-corrected chi connectivity index (χ1v) is 9.29. The molecule has 1 aliphatic rings. The number of para-hydroxylation sites is 1. The zero-order chi connectivity index (χ0) is 18.3. The summed E-state index contributed by atoms with van der Waals surface area (Å²) >= 11 is 1.46. The van der Waals surface area contributed by atoms with Gasteiger partial charge in [-0.15, -0.1) is 11.3 Å². The number of aliphatic hydroxyl groups excluding tert-OH is 1.